The lowest BCUT2D eigenvalue weighted by Gasteiger charge is -1.99. The lowest BCUT2D eigenvalue weighted by molar-refractivity contribution is 0.101. The fourth-order valence-electron chi connectivity index (χ4n) is 2.02. The molecule has 0 unspecified atom stereocenters. The molecule has 1 aliphatic heterocycles. The summed E-state index contributed by atoms with van der Waals surface area (Å²) in [5, 5.41) is 9.22. The molecular formula is C16H12O3. The van der Waals surface area contributed by atoms with Gasteiger partial charge in [0.25, 0.3) is 0 Å². The van der Waals surface area contributed by atoms with Crippen LogP contribution in [0.2, 0.25) is 0 Å². The number of aryl methyl sites for hydroxylation is 1. The second kappa shape index (κ2) is 4.28. The van der Waals surface area contributed by atoms with E-state index < -0.39 is 0 Å². The van der Waals surface area contributed by atoms with Gasteiger partial charge in [-0.3, -0.25) is 4.79 Å². The Morgan fingerprint density at radius 2 is 1.84 bits per heavy atom. The zero-order valence-electron chi connectivity index (χ0n) is 10.4. The number of carbonyl (C=O) groups excluding carboxylic acids is 1. The van der Waals surface area contributed by atoms with Gasteiger partial charge in [-0.1, -0.05) is 23.8 Å². The molecule has 19 heavy (non-hydrogen) atoms. The highest BCUT2D eigenvalue weighted by molar-refractivity contribution is 6.14. The molecule has 3 heteroatoms. The Morgan fingerprint density at radius 1 is 1.11 bits per heavy atom. The number of phenols is 1. The van der Waals surface area contributed by atoms with Crippen LogP contribution in [-0.4, -0.2) is 10.9 Å². The Morgan fingerprint density at radius 3 is 2.58 bits per heavy atom. The number of hydrogen-bond acceptors (Lipinski definition) is 3. The smallest absolute Gasteiger partial charge is 0.231 e. The van der Waals surface area contributed by atoms with Crippen LogP contribution in [0.15, 0.2) is 48.2 Å². The van der Waals surface area contributed by atoms with E-state index in [2.05, 4.69) is 0 Å². The van der Waals surface area contributed by atoms with Crippen molar-refractivity contribution in [2.24, 2.45) is 0 Å². The molecule has 0 saturated carbocycles. The zero-order valence-corrected chi connectivity index (χ0v) is 10.4. The molecule has 0 aliphatic carbocycles. The highest BCUT2D eigenvalue weighted by Crippen LogP contribution is 2.32. The maximum absolute atomic E-state index is 12.2. The normalized spacial score (nSPS) is 15.4. The van der Waals surface area contributed by atoms with Gasteiger partial charge in [-0.25, -0.2) is 0 Å². The number of hydrogen-bond donors (Lipinski definition) is 1. The Kier molecular flexibility index (Phi) is 2.60. The molecular weight excluding hydrogens is 240 g/mol. The van der Waals surface area contributed by atoms with Gasteiger partial charge in [-0.2, -0.15) is 0 Å². The monoisotopic (exact) mass is 252 g/mol. The molecule has 3 rings (SSSR count). The summed E-state index contributed by atoms with van der Waals surface area (Å²) in [5.41, 5.74) is 2.44. The highest BCUT2D eigenvalue weighted by Gasteiger charge is 2.26. The number of Topliss-reactive ketones (excluding diaryl/α,β-unsaturated/α-hetero) is 1. The van der Waals surface area contributed by atoms with Crippen molar-refractivity contribution in [3.63, 3.8) is 0 Å². The summed E-state index contributed by atoms with van der Waals surface area (Å²) >= 11 is 0. The van der Waals surface area contributed by atoms with Gasteiger partial charge in [0.15, 0.2) is 5.76 Å². The van der Waals surface area contributed by atoms with Gasteiger partial charge in [-0.15, -0.1) is 0 Å². The Hall–Kier alpha value is -2.55. The first-order chi connectivity index (χ1) is 9.13. The number of phenolic OH excluding ortho intramolecular Hbond substituents is 1. The molecule has 1 N–H and O–H groups in total. The van der Waals surface area contributed by atoms with Crippen LogP contribution in [-0.2, 0) is 0 Å². The summed E-state index contributed by atoms with van der Waals surface area (Å²) in [4.78, 5) is 12.2. The van der Waals surface area contributed by atoms with Crippen molar-refractivity contribution in [3.8, 4) is 11.5 Å². The number of fused-ring (bicyclic) bond motifs is 1. The molecule has 0 saturated heterocycles. The van der Waals surface area contributed by atoms with Gasteiger partial charge in [0.05, 0.1) is 5.56 Å². The average Bonchev–Trinajstić information content (AvgIpc) is 2.70. The van der Waals surface area contributed by atoms with Crippen molar-refractivity contribution in [2.75, 3.05) is 0 Å². The van der Waals surface area contributed by atoms with Crippen LogP contribution in [0.25, 0.3) is 6.08 Å². The molecule has 2 aromatic rings. The van der Waals surface area contributed by atoms with Gasteiger partial charge >= 0.3 is 0 Å². The van der Waals surface area contributed by atoms with Crippen molar-refractivity contribution >= 4 is 11.9 Å². The van der Waals surface area contributed by atoms with Crippen LogP contribution in [0, 0.1) is 6.92 Å². The third-order valence-corrected chi connectivity index (χ3v) is 3.01. The molecule has 2 aromatic carbocycles. The minimum absolute atomic E-state index is 0.105. The minimum Gasteiger partial charge on any atom is -0.508 e. The quantitative estimate of drug-likeness (QED) is 0.792. The lowest BCUT2D eigenvalue weighted by Crippen LogP contribution is -1.98. The standard InChI is InChI=1S/C16H12O3/c1-10-2-7-14-13(8-10)16(18)15(19-14)9-11-3-5-12(17)6-4-11/h2-9,17H,1H3. The molecule has 0 aromatic heterocycles. The first-order valence-electron chi connectivity index (χ1n) is 5.97. The molecule has 0 bridgehead atoms. The van der Waals surface area contributed by atoms with Crippen LogP contribution < -0.4 is 4.74 Å². The number of ether oxygens (including phenoxy) is 1. The summed E-state index contributed by atoms with van der Waals surface area (Å²) in [5.74, 6) is 0.999. The maximum Gasteiger partial charge on any atom is 0.231 e. The fraction of sp³-hybridized carbons (Fsp3) is 0.0625. The van der Waals surface area contributed by atoms with Crippen molar-refractivity contribution < 1.29 is 14.6 Å². The topological polar surface area (TPSA) is 46.5 Å². The zero-order chi connectivity index (χ0) is 13.4. The fourth-order valence-corrected chi connectivity index (χ4v) is 2.02. The van der Waals surface area contributed by atoms with E-state index in [4.69, 9.17) is 4.74 Å². The second-order valence-corrected chi connectivity index (χ2v) is 4.53. The van der Waals surface area contributed by atoms with Crippen molar-refractivity contribution in [1.29, 1.82) is 0 Å². The van der Waals surface area contributed by atoms with Gasteiger partial charge < -0.3 is 9.84 Å². The van der Waals surface area contributed by atoms with Crippen molar-refractivity contribution in [3.05, 3.63) is 64.9 Å². The molecule has 0 radical (unpaired) electrons. The van der Waals surface area contributed by atoms with E-state index in [0.29, 0.717) is 17.1 Å². The Labute approximate surface area is 110 Å². The lowest BCUT2D eigenvalue weighted by atomic mass is 10.1. The molecule has 0 spiro atoms. The van der Waals surface area contributed by atoms with Gasteiger partial charge in [0, 0.05) is 0 Å². The Balaban J connectivity index is 1.97. The first-order valence-corrected chi connectivity index (χ1v) is 5.97. The summed E-state index contributed by atoms with van der Waals surface area (Å²) in [7, 11) is 0. The number of ketones is 1. The van der Waals surface area contributed by atoms with Crippen LogP contribution in [0.1, 0.15) is 21.5 Å². The molecule has 1 aliphatic rings. The number of rotatable bonds is 1. The number of benzene rings is 2. The van der Waals surface area contributed by atoms with Crippen molar-refractivity contribution in [2.45, 2.75) is 6.92 Å². The largest absolute Gasteiger partial charge is 0.508 e. The summed E-state index contributed by atoms with van der Waals surface area (Å²) in [6.45, 7) is 1.94. The van der Waals surface area contributed by atoms with Crippen LogP contribution in [0.4, 0.5) is 0 Å². The highest BCUT2D eigenvalue weighted by atomic mass is 16.5. The predicted molar refractivity (Wildman–Crippen MR) is 72.2 cm³/mol. The van der Waals surface area contributed by atoms with E-state index in [1.165, 1.54) is 0 Å². The van der Waals surface area contributed by atoms with E-state index in [1.807, 2.05) is 19.1 Å². The summed E-state index contributed by atoms with van der Waals surface area (Å²) in [6.07, 6.45) is 1.68. The third kappa shape index (κ3) is 2.10. The van der Waals surface area contributed by atoms with Gasteiger partial charge in [-0.05, 0) is 42.8 Å². The van der Waals surface area contributed by atoms with Crippen LogP contribution >= 0.6 is 0 Å². The van der Waals surface area contributed by atoms with E-state index in [-0.39, 0.29) is 11.5 Å². The average molecular weight is 252 g/mol. The predicted octanol–water partition coefficient (Wildman–Crippen LogP) is 3.32. The summed E-state index contributed by atoms with van der Waals surface area (Å²) in [6, 6.07) is 12.2. The molecule has 0 atom stereocenters. The van der Waals surface area contributed by atoms with Crippen molar-refractivity contribution in [1.82, 2.24) is 0 Å². The number of carbonyl (C=O) groups is 1. The molecule has 3 nitrogen and oxygen atoms in total. The second-order valence-electron chi connectivity index (χ2n) is 4.53. The Bertz CT molecular complexity index is 682. The minimum atomic E-state index is -0.105. The summed E-state index contributed by atoms with van der Waals surface area (Å²) < 4.78 is 5.56. The van der Waals surface area contributed by atoms with Gasteiger partial charge in [0.2, 0.25) is 5.78 Å². The van der Waals surface area contributed by atoms with Crippen LogP contribution in [0.5, 0.6) is 11.5 Å². The van der Waals surface area contributed by atoms with E-state index >= 15 is 0 Å². The van der Waals surface area contributed by atoms with E-state index in [0.717, 1.165) is 11.1 Å². The van der Waals surface area contributed by atoms with Crippen LogP contribution in [0.3, 0.4) is 0 Å². The molecule has 0 fully saturated rings. The molecule has 0 amide bonds. The third-order valence-electron chi connectivity index (χ3n) is 3.01. The number of allylic oxidation sites excluding steroid dienone is 1. The van der Waals surface area contributed by atoms with Gasteiger partial charge in [0.1, 0.15) is 11.5 Å². The van der Waals surface area contributed by atoms with E-state index in [9.17, 15) is 9.90 Å². The molecule has 94 valence electrons. The number of aromatic hydroxyl groups is 1. The molecule has 1 heterocycles. The van der Waals surface area contributed by atoms with E-state index in [1.54, 1.807) is 36.4 Å². The first kappa shape index (κ1) is 11.5. The SMILES string of the molecule is Cc1ccc2c(c1)C(=O)C(=Cc1ccc(O)cc1)O2. The maximum atomic E-state index is 12.2.